The van der Waals surface area contributed by atoms with Gasteiger partial charge in [-0.3, -0.25) is 5.10 Å². The molecule has 2 N–H and O–H groups in total. The summed E-state index contributed by atoms with van der Waals surface area (Å²) in [5, 5.41) is 8.06. The maximum Gasteiger partial charge on any atom is 0.0975 e. The summed E-state index contributed by atoms with van der Waals surface area (Å²) in [5.74, 6) is 0. The van der Waals surface area contributed by atoms with E-state index in [0.717, 1.165) is 16.5 Å². The molecule has 4 nitrogen and oxygen atoms in total. The Morgan fingerprint density at radius 2 is 2.11 bits per heavy atom. The van der Waals surface area contributed by atoms with Crippen LogP contribution >= 0.6 is 0 Å². The summed E-state index contributed by atoms with van der Waals surface area (Å²) in [6.45, 7) is 7.90. The molecule has 2 rings (SSSR count). The highest BCUT2D eigenvalue weighted by Crippen LogP contribution is 2.23. The summed E-state index contributed by atoms with van der Waals surface area (Å²) < 4.78 is 15.0. The molecule has 5 heteroatoms. The number of nitrogens with one attached hydrogen (secondary N) is 2. The third kappa shape index (κ3) is 2.62. The van der Waals surface area contributed by atoms with Gasteiger partial charge in [-0.1, -0.05) is 12.1 Å². The number of hydrogen-bond acceptors (Lipinski definition) is 2. The van der Waals surface area contributed by atoms with Crippen LogP contribution < -0.4 is 4.72 Å². The SMILES string of the molecule is C[C@H](N[S@](=O)C(C)(C)C)c1cccc2[nH]ncc12. The van der Waals surface area contributed by atoms with Crippen molar-refractivity contribution >= 4 is 21.9 Å². The number of rotatable bonds is 3. The number of H-pyrrole nitrogens is 1. The number of fused-ring (bicyclic) bond motifs is 1. The van der Waals surface area contributed by atoms with Gasteiger partial charge in [0.05, 0.1) is 27.4 Å². The van der Waals surface area contributed by atoms with Crippen molar-refractivity contribution in [3.05, 3.63) is 30.0 Å². The van der Waals surface area contributed by atoms with Gasteiger partial charge >= 0.3 is 0 Å². The van der Waals surface area contributed by atoms with Crippen LogP contribution in [0.5, 0.6) is 0 Å². The fourth-order valence-electron chi connectivity index (χ4n) is 1.77. The largest absolute Gasteiger partial charge is 0.278 e. The standard InChI is InChI=1S/C13H19N3OS/c1-9(16-18(17)13(2,3)4)10-6-5-7-12-11(10)8-14-15-12/h5-9,16H,1-4H3,(H,14,15)/t9-,18+/m0/s1. The first-order valence-electron chi connectivity index (χ1n) is 5.99. The van der Waals surface area contributed by atoms with E-state index >= 15 is 0 Å². The monoisotopic (exact) mass is 265 g/mol. The van der Waals surface area contributed by atoms with Gasteiger partial charge in [-0.15, -0.1) is 0 Å². The Morgan fingerprint density at radius 1 is 1.39 bits per heavy atom. The maximum absolute atomic E-state index is 12.1. The van der Waals surface area contributed by atoms with E-state index in [2.05, 4.69) is 14.9 Å². The van der Waals surface area contributed by atoms with Crippen LogP contribution in [0.15, 0.2) is 24.4 Å². The van der Waals surface area contributed by atoms with E-state index < -0.39 is 11.0 Å². The summed E-state index contributed by atoms with van der Waals surface area (Å²) in [7, 11) is -1.08. The molecule has 0 fully saturated rings. The topological polar surface area (TPSA) is 57.8 Å². The molecule has 2 atom stereocenters. The fraction of sp³-hybridized carbons (Fsp3) is 0.462. The minimum atomic E-state index is -1.08. The third-order valence-corrected chi connectivity index (χ3v) is 4.51. The van der Waals surface area contributed by atoms with Crippen LogP contribution in [0, 0.1) is 0 Å². The molecule has 18 heavy (non-hydrogen) atoms. The lowest BCUT2D eigenvalue weighted by atomic mass is 10.1. The Morgan fingerprint density at radius 3 is 2.78 bits per heavy atom. The van der Waals surface area contributed by atoms with E-state index in [1.54, 1.807) is 0 Å². The van der Waals surface area contributed by atoms with Gasteiger partial charge in [0.2, 0.25) is 0 Å². The van der Waals surface area contributed by atoms with Crippen LogP contribution in [-0.4, -0.2) is 19.2 Å². The van der Waals surface area contributed by atoms with Gasteiger partial charge in [0.1, 0.15) is 0 Å². The normalized spacial score (nSPS) is 15.8. The van der Waals surface area contributed by atoms with Crippen LogP contribution in [-0.2, 0) is 11.0 Å². The average Bonchev–Trinajstić information content (AvgIpc) is 2.74. The van der Waals surface area contributed by atoms with Crippen LogP contribution in [0.4, 0.5) is 0 Å². The van der Waals surface area contributed by atoms with Crippen molar-refractivity contribution in [2.75, 3.05) is 0 Å². The molecule has 2 aromatic rings. The maximum atomic E-state index is 12.1. The van der Waals surface area contributed by atoms with Gasteiger partial charge in [0.25, 0.3) is 0 Å². The number of aromatic amines is 1. The number of nitrogens with zero attached hydrogens (tertiary/aromatic N) is 1. The highest BCUT2D eigenvalue weighted by atomic mass is 32.2. The van der Waals surface area contributed by atoms with Crippen molar-refractivity contribution in [3.8, 4) is 0 Å². The molecule has 0 aliphatic heterocycles. The highest BCUT2D eigenvalue weighted by Gasteiger charge is 2.22. The van der Waals surface area contributed by atoms with Crippen molar-refractivity contribution in [1.82, 2.24) is 14.9 Å². The summed E-state index contributed by atoms with van der Waals surface area (Å²) in [6.07, 6.45) is 1.81. The molecule has 0 unspecified atom stereocenters. The molecule has 0 spiro atoms. The van der Waals surface area contributed by atoms with Gasteiger partial charge in [0, 0.05) is 11.4 Å². The molecule has 0 aliphatic carbocycles. The van der Waals surface area contributed by atoms with Crippen molar-refractivity contribution in [1.29, 1.82) is 0 Å². The predicted molar refractivity (Wildman–Crippen MR) is 75.5 cm³/mol. The van der Waals surface area contributed by atoms with Crippen molar-refractivity contribution in [2.24, 2.45) is 0 Å². The van der Waals surface area contributed by atoms with Gasteiger partial charge in [-0.05, 0) is 39.3 Å². The van der Waals surface area contributed by atoms with Crippen LogP contribution in [0.3, 0.4) is 0 Å². The minimum absolute atomic E-state index is 0.0198. The van der Waals surface area contributed by atoms with Crippen LogP contribution in [0.2, 0.25) is 0 Å². The lowest BCUT2D eigenvalue weighted by Crippen LogP contribution is -2.34. The van der Waals surface area contributed by atoms with Gasteiger partial charge < -0.3 is 0 Å². The van der Waals surface area contributed by atoms with E-state index in [1.807, 2.05) is 52.1 Å². The molecular weight excluding hydrogens is 246 g/mol. The Kier molecular flexibility index (Phi) is 3.54. The molecule has 1 aromatic heterocycles. The number of aromatic nitrogens is 2. The van der Waals surface area contributed by atoms with E-state index in [4.69, 9.17) is 0 Å². The first kappa shape index (κ1) is 13.2. The zero-order valence-electron chi connectivity index (χ0n) is 11.2. The Balaban J connectivity index is 2.26. The average molecular weight is 265 g/mol. The molecule has 0 bridgehead atoms. The Bertz CT molecular complexity index is 571. The summed E-state index contributed by atoms with van der Waals surface area (Å²) in [4.78, 5) is 0. The van der Waals surface area contributed by atoms with E-state index in [9.17, 15) is 4.21 Å². The van der Waals surface area contributed by atoms with Gasteiger partial charge in [0.15, 0.2) is 0 Å². The van der Waals surface area contributed by atoms with Gasteiger partial charge in [-0.2, -0.15) is 5.10 Å². The number of hydrogen-bond donors (Lipinski definition) is 2. The molecule has 0 saturated carbocycles. The highest BCUT2D eigenvalue weighted by molar-refractivity contribution is 7.84. The first-order valence-corrected chi connectivity index (χ1v) is 7.14. The zero-order chi connectivity index (χ0) is 13.3. The predicted octanol–water partition coefficient (Wildman–Crippen LogP) is 2.68. The second-order valence-corrected chi connectivity index (χ2v) is 7.40. The van der Waals surface area contributed by atoms with Crippen molar-refractivity contribution in [3.63, 3.8) is 0 Å². The van der Waals surface area contributed by atoms with E-state index in [0.29, 0.717) is 0 Å². The summed E-state index contributed by atoms with van der Waals surface area (Å²) in [5.41, 5.74) is 2.11. The first-order chi connectivity index (χ1) is 8.39. The van der Waals surface area contributed by atoms with Gasteiger partial charge in [-0.25, -0.2) is 8.93 Å². The Hall–Kier alpha value is -1.20. The second kappa shape index (κ2) is 4.82. The van der Waals surface area contributed by atoms with Crippen molar-refractivity contribution in [2.45, 2.75) is 38.5 Å². The second-order valence-electron chi connectivity index (χ2n) is 5.40. The third-order valence-electron chi connectivity index (χ3n) is 2.83. The molecule has 0 radical (unpaired) electrons. The molecule has 0 saturated heterocycles. The molecule has 98 valence electrons. The molecule has 0 aliphatic rings. The quantitative estimate of drug-likeness (QED) is 0.896. The summed E-state index contributed by atoms with van der Waals surface area (Å²) >= 11 is 0. The molecule has 0 amide bonds. The van der Waals surface area contributed by atoms with Crippen LogP contribution in [0.25, 0.3) is 10.9 Å². The molecule has 1 heterocycles. The number of benzene rings is 1. The minimum Gasteiger partial charge on any atom is -0.278 e. The van der Waals surface area contributed by atoms with E-state index in [-0.39, 0.29) is 10.8 Å². The van der Waals surface area contributed by atoms with Crippen LogP contribution in [0.1, 0.15) is 39.3 Å². The lowest BCUT2D eigenvalue weighted by molar-refractivity contribution is 0.617. The Labute approximate surface area is 110 Å². The lowest BCUT2D eigenvalue weighted by Gasteiger charge is -2.22. The molecular formula is C13H19N3OS. The van der Waals surface area contributed by atoms with Crippen molar-refractivity contribution < 1.29 is 4.21 Å². The molecule has 1 aromatic carbocycles. The summed E-state index contributed by atoms with van der Waals surface area (Å²) in [6, 6.07) is 6.02. The zero-order valence-corrected chi connectivity index (χ0v) is 12.0. The smallest absolute Gasteiger partial charge is 0.0975 e. The van der Waals surface area contributed by atoms with E-state index in [1.165, 1.54) is 0 Å². The fourth-order valence-corrected chi connectivity index (χ4v) is 2.57.